The number of methoxy groups -OCH3 is 1. The Kier molecular flexibility index (Phi) is 10.2. The molecule has 5 rings (SSSR count). The number of fused-ring (bicyclic) bond motifs is 2. The maximum absolute atomic E-state index is 14.0. The maximum Gasteiger partial charge on any atom is 0.341 e. The SMILES string of the molecule is CCCOc1ccc(-c2cc(C(=O)Nc3sc4c(c3C(=O)OC)CCCCCCCCCC4)c3ccccc3n2)cc1. The number of carbonyl (C=O) groups is 2. The van der Waals surface area contributed by atoms with Gasteiger partial charge in [-0.3, -0.25) is 4.79 Å². The zero-order valence-electron chi connectivity index (χ0n) is 24.7. The van der Waals surface area contributed by atoms with E-state index in [1.165, 1.54) is 55.4 Å². The van der Waals surface area contributed by atoms with Gasteiger partial charge in [-0.05, 0) is 74.1 Å². The van der Waals surface area contributed by atoms with Crippen LogP contribution < -0.4 is 10.1 Å². The summed E-state index contributed by atoms with van der Waals surface area (Å²) in [6.07, 6.45) is 12.2. The number of esters is 1. The predicted octanol–water partition coefficient (Wildman–Crippen LogP) is 9.01. The molecule has 0 saturated heterocycles. The largest absolute Gasteiger partial charge is 0.494 e. The molecule has 220 valence electrons. The molecule has 0 aliphatic heterocycles. The van der Waals surface area contributed by atoms with Gasteiger partial charge in [0.15, 0.2) is 0 Å². The molecule has 2 aromatic heterocycles. The van der Waals surface area contributed by atoms with E-state index in [0.717, 1.165) is 66.3 Å². The summed E-state index contributed by atoms with van der Waals surface area (Å²) in [4.78, 5) is 33.2. The van der Waals surface area contributed by atoms with Crippen LogP contribution in [0.25, 0.3) is 22.2 Å². The van der Waals surface area contributed by atoms with E-state index >= 15 is 0 Å². The van der Waals surface area contributed by atoms with E-state index in [4.69, 9.17) is 14.5 Å². The van der Waals surface area contributed by atoms with Crippen LogP contribution in [0.5, 0.6) is 5.75 Å². The van der Waals surface area contributed by atoms with Crippen LogP contribution in [0.3, 0.4) is 0 Å². The van der Waals surface area contributed by atoms with Gasteiger partial charge in [0, 0.05) is 15.8 Å². The minimum Gasteiger partial charge on any atom is -0.494 e. The number of pyridine rings is 1. The molecule has 2 heterocycles. The first-order chi connectivity index (χ1) is 20.6. The highest BCUT2D eigenvalue weighted by molar-refractivity contribution is 7.17. The van der Waals surface area contributed by atoms with Gasteiger partial charge in [0.2, 0.25) is 0 Å². The Bertz CT molecular complexity index is 1530. The fraction of sp³-hybridized carbons (Fsp3) is 0.400. The molecule has 0 fully saturated rings. The van der Waals surface area contributed by atoms with Crippen molar-refractivity contribution in [1.29, 1.82) is 0 Å². The number of nitrogens with zero attached hydrogens (tertiary/aromatic N) is 1. The highest BCUT2D eigenvalue weighted by atomic mass is 32.1. The Morgan fingerprint density at radius 1 is 0.905 bits per heavy atom. The minimum atomic E-state index is -0.388. The summed E-state index contributed by atoms with van der Waals surface area (Å²) < 4.78 is 11.0. The highest BCUT2D eigenvalue weighted by Crippen LogP contribution is 2.38. The number of aromatic nitrogens is 1. The Morgan fingerprint density at radius 2 is 1.60 bits per heavy atom. The number of rotatable bonds is 7. The molecule has 4 aromatic rings. The molecular weight excluding hydrogens is 544 g/mol. The van der Waals surface area contributed by atoms with E-state index in [2.05, 4.69) is 12.2 Å². The molecule has 0 saturated carbocycles. The Hall–Kier alpha value is -3.71. The molecule has 1 N–H and O–H groups in total. The van der Waals surface area contributed by atoms with Gasteiger partial charge in [-0.25, -0.2) is 9.78 Å². The molecule has 0 radical (unpaired) electrons. The first kappa shape index (κ1) is 29.8. The van der Waals surface area contributed by atoms with Gasteiger partial charge in [0.25, 0.3) is 5.91 Å². The lowest BCUT2D eigenvalue weighted by Crippen LogP contribution is -2.15. The summed E-state index contributed by atoms with van der Waals surface area (Å²) in [6.45, 7) is 2.74. The molecule has 1 amide bonds. The van der Waals surface area contributed by atoms with Crippen molar-refractivity contribution in [1.82, 2.24) is 4.98 Å². The number of thiophene rings is 1. The van der Waals surface area contributed by atoms with Crippen molar-refractivity contribution in [3.05, 3.63) is 76.2 Å². The van der Waals surface area contributed by atoms with Crippen LogP contribution >= 0.6 is 11.3 Å². The van der Waals surface area contributed by atoms with Crippen LogP contribution in [0.2, 0.25) is 0 Å². The predicted molar refractivity (Wildman–Crippen MR) is 171 cm³/mol. The fourth-order valence-electron chi connectivity index (χ4n) is 5.66. The smallest absolute Gasteiger partial charge is 0.341 e. The van der Waals surface area contributed by atoms with Crippen LogP contribution in [0, 0.1) is 0 Å². The number of aryl methyl sites for hydroxylation is 1. The standard InChI is InChI=1S/C35H40N2O4S/c1-3-22-41-25-20-18-24(19-21-25)30-23-28(26-14-12-13-16-29(26)36-30)33(38)37-34-32(35(39)40-2)27-15-10-8-6-4-5-7-9-11-17-31(27)42-34/h12-14,16,18-21,23H,3-11,15,17,22H2,1-2H3,(H,37,38). The number of hydrogen-bond donors (Lipinski definition) is 1. The van der Waals surface area contributed by atoms with E-state index in [1.54, 1.807) is 0 Å². The molecular formula is C35H40N2O4S. The molecule has 7 heteroatoms. The van der Waals surface area contributed by atoms with Gasteiger partial charge in [0.1, 0.15) is 10.8 Å². The van der Waals surface area contributed by atoms with Crippen molar-refractivity contribution >= 4 is 39.1 Å². The second kappa shape index (κ2) is 14.5. The van der Waals surface area contributed by atoms with Crippen molar-refractivity contribution in [2.24, 2.45) is 0 Å². The highest BCUT2D eigenvalue weighted by Gasteiger charge is 2.26. The van der Waals surface area contributed by atoms with Gasteiger partial charge in [-0.1, -0.05) is 63.6 Å². The number of amides is 1. The van der Waals surface area contributed by atoms with Gasteiger partial charge < -0.3 is 14.8 Å². The maximum atomic E-state index is 14.0. The first-order valence-electron chi connectivity index (χ1n) is 15.3. The number of hydrogen-bond acceptors (Lipinski definition) is 6. The third-order valence-electron chi connectivity index (χ3n) is 7.87. The zero-order valence-corrected chi connectivity index (χ0v) is 25.5. The second-order valence-corrected chi connectivity index (χ2v) is 12.0. The van der Waals surface area contributed by atoms with Crippen molar-refractivity contribution in [2.75, 3.05) is 19.0 Å². The van der Waals surface area contributed by atoms with Crippen LogP contribution in [0.15, 0.2) is 54.6 Å². The van der Waals surface area contributed by atoms with E-state index in [9.17, 15) is 9.59 Å². The number of benzene rings is 2. The number of para-hydroxylation sites is 1. The van der Waals surface area contributed by atoms with E-state index < -0.39 is 0 Å². The van der Waals surface area contributed by atoms with E-state index in [-0.39, 0.29) is 11.9 Å². The van der Waals surface area contributed by atoms with Crippen molar-refractivity contribution in [2.45, 2.75) is 77.6 Å². The third kappa shape index (κ3) is 7.01. The lowest BCUT2D eigenvalue weighted by atomic mass is 9.97. The average Bonchev–Trinajstić information content (AvgIpc) is 3.35. The molecule has 1 aliphatic carbocycles. The Balaban J connectivity index is 1.50. The molecule has 1 aliphatic rings. The summed E-state index contributed by atoms with van der Waals surface area (Å²) in [5.74, 6) is 0.154. The monoisotopic (exact) mass is 584 g/mol. The van der Waals surface area contributed by atoms with E-state index in [1.807, 2.05) is 54.6 Å². The quantitative estimate of drug-likeness (QED) is 0.219. The van der Waals surface area contributed by atoms with Gasteiger partial charge in [-0.2, -0.15) is 0 Å². The Labute approximate surface area is 252 Å². The average molecular weight is 585 g/mol. The van der Waals surface area contributed by atoms with Crippen molar-refractivity contribution in [3.8, 4) is 17.0 Å². The number of nitrogens with one attached hydrogen (secondary N) is 1. The number of anilines is 1. The molecule has 0 spiro atoms. The van der Waals surface area contributed by atoms with Gasteiger partial charge in [0.05, 0.1) is 36.1 Å². The number of carbonyl (C=O) groups excluding carboxylic acids is 2. The van der Waals surface area contributed by atoms with Crippen LogP contribution in [0.1, 0.15) is 95.9 Å². The van der Waals surface area contributed by atoms with Crippen LogP contribution in [-0.2, 0) is 17.6 Å². The van der Waals surface area contributed by atoms with Crippen molar-refractivity contribution < 1.29 is 19.1 Å². The minimum absolute atomic E-state index is 0.264. The van der Waals surface area contributed by atoms with Crippen LogP contribution in [0.4, 0.5) is 5.00 Å². The summed E-state index contributed by atoms with van der Waals surface area (Å²) in [7, 11) is 1.41. The molecule has 0 atom stereocenters. The molecule has 6 nitrogen and oxygen atoms in total. The second-order valence-electron chi connectivity index (χ2n) is 10.9. The third-order valence-corrected chi connectivity index (χ3v) is 9.08. The molecule has 42 heavy (non-hydrogen) atoms. The van der Waals surface area contributed by atoms with Gasteiger partial charge >= 0.3 is 5.97 Å². The van der Waals surface area contributed by atoms with Crippen LogP contribution in [-0.4, -0.2) is 30.6 Å². The van der Waals surface area contributed by atoms with E-state index in [0.29, 0.717) is 28.4 Å². The zero-order chi connectivity index (χ0) is 29.3. The van der Waals surface area contributed by atoms with Gasteiger partial charge in [-0.15, -0.1) is 11.3 Å². The fourth-order valence-corrected chi connectivity index (χ4v) is 6.93. The molecule has 0 bridgehead atoms. The lowest BCUT2D eigenvalue weighted by Gasteiger charge is -2.12. The summed E-state index contributed by atoms with van der Waals surface area (Å²) in [5, 5.41) is 4.47. The van der Waals surface area contributed by atoms with Crippen molar-refractivity contribution in [3.63, 3.8) is 0 Å². The molecule has 2 aromatic carbocycles. The summed E-state index contributed by atoms with van der Waals surface area (Å²) >= 11 is 1.53. The first-order valence-corrected chi connectivity index (χ1v) is 16.1. The summed E-state index contributed by atoms with van der Waals surface area (Å²) in [5.41, 5.74) is 4.41. The normalized spacial score (nSPS) is 14.3. The Morgan fingerprint density at radius 3 is 2.31 bits per heavy atom. The molecule has 0 unspecified atom stereocenters. The topological polar surface area (TPSA) is 77.5 Å². The lowest BCUT2D eigenvalue weighted by molar-refractivity contribution is 0.0601. The number of ether oxygens (including phenoxy) is 2. The summed E-state index contributed by atoms with van der Waals surface area (Å²) in [6, 6.07) is 17.3.